The lowest BCUT2D eigenvalue weighted by molar-refractivity contribution is -0.147. The summed E-state index contributed by atoms with van der Waals surface area (Å²) in [5.41, 5.74) is -0.179. The number of hydrogen-bond acceptors (Lipinski definition) is 3. The zero-order chi connectivity index (χ0) is 13.8. The first-order valence-corrected chi connectivity index (χ1v) is 7.69. The third kappa shape index (κ3) is 3.70. The molecule has 0 bridgehead atoms. The Morgan fingerprint density at radius 1 is 1.61 bits per heavy atom. The number of esters is 1. The van der Waals surface area contributed by atoms with Crippen molar-refractivity contribution in [1.29, 1.82) is 0 Å². The minimum atomic E-state index is -0.252. The van der Waals surface area contributed by atoms with E-state index in [9.17, 15) is 4.79 Å². The Labute approximate surface area is 123 Å². The molecule has 0 radical (unpaired) electrons. The van der Waals surface area contributed by atoms with E-state index in [0.717, 1.165) is 19.3 Å². The highest BCUT2D eigenvalue weighted by atomic mass is 127. The number of hydrogen-bond donors (Lipinski definition) is 0. The number of carbonyl (C=O) groups is 1. The molecule has 0 N–H and O–H groups in total. The monoisotopic (exact) mass is 366 g/mol. The van der Waals surface area contributed by atoms with Crippen LogP contribution in [0.15, 0.2) is 9.66 Å². The van der Waals surface area contributed by atoms with Gasteiger partial charge in [-0.3, -0.25) is 4.79 Å². The second-order valence-electron chi connectivity index (χ2n) is 5.12. The maximum Gasteiger partial charge on any atom is 0.302 e. The van der Waals surface area contributed by atoms with Gasteiger partial charge in [0.25, 0.3) is 0 Å². The Morgan fingerprint density at radius 3 is 2.78 bits per heavy atom. The van der Waals surface area contributed by atoms with E-state index < -0.39 is 0 Å². The largest absolute Gasteiger partial charge is 0.463 e. The molecule has 1 aliphatic heterocycles. The highest BCUT2D eigenvalue weighted by molar-refractivity contribution is 14.1. The van der Waals surface area contributed by atoms with Crippen LogP contribution in [0.25, 0.3) is 0 Å². The average molecular weight is 366 g/mol. The predicted octanol–water partition coefficient (Wildman–Crippen LogP) is 3.85. The minimum Gasteiger partial charge on any atom is -0.463 e. The summed E-state index contributed by atoms with van der Waals surface area (Å²) in [5, 5.41) is 0. The van der Waals surface area contributed by atoms with Gasteiger partial charge in [-0.25, -0.2) is 0 Å². The number of ether oxygens (including phenoxy) is 2. The Balaban J connectivity index is 2.71. The molecule has 0 fully saturated rings. The molecule has 1 heterocycles. The molecule has 18 heavy (non-hydrogen) atoms. The third-order valence-electron chi connectivity index (χ3n) is 3.38. The van der Waals surface area contributed by atoms with E-state index in [-0.39, 0.29) is 17.7 Å². The molecule has 2 atom stereocenters. The first-order valence-electron chi connectivity index (χ1n) is 6.61. The highest BCUT2D eigenvalue weighted by Crippen LogP contribution is 2.44. The fourth-order valence-electron chi connectivity index (χ4n) is 2.26. The van der Waals surface area contributed by atoms with Crippen molar-refractivity contribution in [1.82, 2.24) is 0 Å². The number of halogens is 1. The SMILES string of the molecule is CCCCC1(C(C)C)OC(COC(C)=O)C=C1I. The fraction of sp³-hybridized carbons (Fsp3) is 0.786. The standard InChI is InChI=1S/C14H23IO3/c1-5-6-7-14(10(2)3)13(15)8-12(18-14)9-17-11(4)16/h8,10,12H,5-7,9H2,1-4H3. The summed E-state index contributed by atoms with van der Waals surface area (Å²) >= 11 is 2.37. The lowest BCUT2D eigenvalue weighted by atomic mass is 9.86. The third-order valence-corrected chi connectivity index (χ3v) is 4.66. The maximum absolute atomic E-state index is 10.8. The van der Waals surface area contributed by atoms with Gasteiger partial charge in [0.2, 0.25) is 0 Å². The number of rotatable bonds is 6. The molecule has 4 heteroatoms. The van der Waals surface area contributed by atoms with Gasteiger partial charge in [0.1, 0.15) is 18.3 Å². The van der Waals surface area contributed by atoms with Crippen molar-refractivity contribution in [3.8, 4) is 0 Å². The van der Waals surface area contributed by atoms with Crippen LogP contribution in [-0.2, 0) is 14.3 Å². The fourth-order valence-corrected chi connectivity index (χ4v) is 3.69. The van der Waals surface area contributed by atoms with Crippen LogP contribution in [-0.4, -0.2) is 24.3 Å². The van der Waals surface area contributed by atoms with Gasteiger partial charge in [0, 0.05) is 10.5 Å². The minimum absolute atomic E-state index is 0.0972. The van der Waals surface area contributed by atoms with Crippen LogP contribution in [0, 0.1) is 5.92 Å². The van der Waals surface area contributed by atoms with E-state index >= 15 is 0 Å². The average Bonchev–Trinajstić information content (AvgIpc) is 2.62. The Hall–Kier alpha value is -0.100. The van der Waals surface area contributed by atoms with Gasteiger partial charge in [-0.1, -0.05) is 33.6 Å². The van der Waals surface area contributed by atoms with Crippen LogP contribution in [0.1, 0.15) is 47.0 Å². The molecule has 1 aliphatic rings. The highest BCUT2D eigenvalue weighted by Gasteiger charge is 2.43. The quantitative estimate of drug-likeness (QED) is 0.529. The van der Waals surface area contributed by atoms with Crippen LogP contribution < -0.4 is 0 Å². The van der Waals surface area contributed by atoms with Crippen molar-refractivity contribution in [2.24, 2.45) is 5.92 Å². The van der Waals surface area contributed by atoms with E-state index in [1.165, 1.54) is 10.5 Å². The topological polar surface area (TPSA) is 35.5 Å². The second-order valence-corrected chi connectivity index (χ2v) is 6.28. The first kappa shape index (κ1) is 16.0. The molecular weight excluding hydrogens is 343 g/mol. The summed E-state index contributed by atoms with van der Waals surface area (Å²) in [4.78, 5) is 10.8. The summed E-state index contributed by atoms with van der Waals surface area (Å²) in [5.74, 6) is 0.173. The van der Waals surface area contributed by atoms with Crippen LogP contribution in [0.5, 0.6) is 0 Å². The maximum atomic E-state index is 10.8. The normalized spacial score (nSPS) is 27.4. The predicted molar refractivity (Wildman–Crippen MR) is 80.7 cm³/mol. The van der Waals surface area contributed by atoms with Gasteiger partial charge in [-0.05, 0) is 41.0 Å². The molecule has 0 amide bonds. The number of carbonyl (C=O) groups excluding carboxylic acids is 1. The smallest absolute Gasteiger partial charge is 0.302 e. The van der Waals surface area contributed by atoms with Crippen LogP contribution in [0.3, 0.4) is 0 Å². The van der Waals surface area contributed by atoms with E-state index in [0.29, 0.717) is 12.5 Å². The Bertz CT molecular complexity index is 325. The van der Waals surface area contributed by atoms with E-state index in [1.54, 1.807) is 0 Å². The molecule has 0 aliphatic carbocycles. The van der Waals surface area contributed by atoms with Crippen LogP contribution in [0.2, 0.25) is 0 Å². The van der Waals surface area contributed by atoms with Crippen molar-refractivity contribution in [2.45, 2.75) is 58.7 Å². The number of unbranched alkanes of at least 4 members (excludes halogenated alkanes) is 1. The molecule has 0 saturated heterocycles. The molecular formula is C14H23IO3. The summed E-state index contributed by atoms with van der Waals surface area (Å²) in [6, 6.07) is 0. The molecule has 3 nitrogen and oxygen atoms in total. The molecule has 1 rings (SSSR count). The van der Waals surface area contributed by atoms with Crippen molar-refractivity contribution < 1.29 is 14.3 Å². The van der Waals surface area contributed by atoms with E-state index in [2.05, 4.69) is 49.4 Å². The zero-order valence-electron chi connectivity index (χ0n) is 11.7. The van der Waals surface area contributed by atoms with Gasteiger partial charge in [0.05, 0.1) is 0 Å². The Morgan fingerprint density at radius 2 is 2.28 bits per heavy atom. The van der Waals surface area contributed by atoms with Crippen molar-refractivity contribution >= 4 is 28.6 Å². The first-order chi connectivity index (χ1) is 8.42. The van der Waals surface area contributed by atoms with Crippen molar-refractivity contribution in [2.75, 3.05) is 6.61 Å². The molecule has 2 unspecified atom stereocenters. The second kappa shape index (κ2) is 6.89. The van der Waals surface area contributed by atoms with Crippen molar-refractivity contribution in [3.63, 3.8) is 0 Å². The van der Waals surface area contributed by atoms with Gasteiger partial charge in [0.15, 0.2) is 0 Å². The molecule has 0 saturated carbocycles. The van der Waals surface area contributed by atoms with E-state index in [4.69, 9.17) is 9.47 Å². The van der Waals surface area contributed by atoms with Gasteiger partial charge >= 0.3 is 5.97 Å². The molecule has 0 aromatic heterocycles. The lowest BCUT2D eigenvalue weighted by Gasteiger charge is -2.35. The molecule has 0 spiro atoms. The van der Waals surface area contributed by atoms with Gasteiger partial charge in [-0.15, -0.1) is 0 Å². The van der Waals surface area contributed by atoms with Gasteiger partial charge < -0.3 is 9.47 Å². The van der Waals surface area contributed by atoms with Gasteiger partial charge in [-0.2, -0.15) is 0 Å². The van der Waals surface area contributed by atoms with Crippen LogP contribution >= 0.6 is 22.6 Å². The van der Waals surface area contributed by atoms with E-state index in [1.807, 2.05) is 0 Å². The summed E-state index contributed by atoms with van der Waals surface area (Å²) in [6.07, 6.45) is 5.35. The summed E-state index contributed by atoms with van der Waals surface area (Å²) < 4.78 is 12.5. The van der Waals surface area contributed by atoms with Crippen molar-refractivity contribution in [3.05, 3.63) is 9.66 Å². The zero-order valence-corrected chi connectivity index (χ0v) is 13.8. The summed E-state index contributed by atoms with van der Waals surface area (Å²) in [7, 11) is 0. The Kier molecular flexibility index (Phi) is 6.11. The lowest BCUT2D eigenvalue weighted by Crippen LogP contribution is -2.38. The molecule has 0 aromatic rings. The summed E-state index contributed by atoms with van der Waals surface area (Å²) in [6.45, 7) is 8.32. The molecule has 104 valence electrons. The van der Waals surface area contributed by atoms with Crippen LogP contribution in [0.4, 0.5) is 0 Å². The molecule has 0 aromatic carbocycles.